The molecule has 0 aliphatic carbocycles. The Bertz CT molecular complexity index is 796. The molecule has 2 N–H and O–H groups in total. The van der Waals surface area contributed by atoms with Crippen molar-refractivity contribution in [3.8, 4) is 0 Å². The molecule has 1 atom stereocenters. The van der Waals surface area contributed by atoms with Crippen molar-refractivity contribution in [3.63, 3.8) is 0 Å². The van der Waals surface area contributed by atoms with Gasteiger partial charge in [0.15, 0.2) is 0 Å². The number of nitrogens with one attached hydrogen (secondary N) is 2. The number of hydrogen-bond donors (Lipinski definition) is 2. The Hall–Kier alpha value is -2.42. The molecule has 3 amide bonds. The molecule has 1 aromatic heterocycles. The van der Waals surface area contributed by atoms with Crippen LogP contribution in [0.4, 0.5) is 18.0 Å². The molecular formula is C16H13BrF3N3O2. The van der Waals surface area contributed by atoms with Crippen molar-refractivity contribution < 1.29 is 22.8 Å². The van der Waals surface area contributed by atoms with E-state index in [1.807, 2.05) is 0 Å². The van der Waals surface area contributed by atoms with Gasteiger partial charge in [0.2, 0.25) is 5.91 Å². The lowest BCUT2D eigenvalue weighted by Crippen LogP contribution is -2.40. The van der Waals surface area contributed by atoms with E-state index < -0.39 is 29.6 Å². The zero-order valence-corrected chi connectivity index (χ0v) is 14.5. The number of carbonyl (C=O) groups excluding carboxylic acids is 2. The Morgan fingerprint density at radius 1 is 1.20 bits per heavy atom. The first-order valence-corrected chi connectivity index (χ1v) is 7.83. The van der Waals surface area contributed by atoms with Crippen LogP contribution in [0.25, 0.3) is 0 Å². The van der Waals surface area contributed by atoms with Crippen molar-refractivity contribution in [1.29, 1.82) is 0 Å². The highest BCUT2D eigenvalue weighted by Crippen LogP contribution is 2.32. The molecule has 1 heterocycles. The van der Waals surface area contributed by atoms with E-state index in [1.165, 1.54) is 7.05 Å². The van der Waals surface area contributed by atoms with Gasteiger partial charge in [0.05, 0.1) is 11.3 Å². The van der Waals surface area contributed by atoms with Gasteiger partial charge in [0.1, 0.15) is 5.92 Å². The first kappa shape index (κ1) is 18.9. The summed E-state index contributed by atoms with van der Waals surface area (Å²) in [6.07, 6.45) is -3.59. The zero-order chi connectivity index (χ0) is 18.6. The second-order valence-electron chi connectivity index (χ2n) is 5.02. The van der Waals surface area contributed by atoms with Crippen LogP contribution in [-0.4, -0.2) is 24.0 Å². The molecule has 0 fully saturated rings. The molecule has 0 spiro atoms. The molecule has 2 rings (SSSR count). The van der Waals surface area contributed by atoms with Crippen LogP contribution in [0.15, 0.2) is 47.1 Å². The molecule has 0 radical (unpaired) electrons. The molecule has 132 valence electrons. The smallest absolute Gasteiger partial charge is 0.341 e. The summed E-state index contributed by atoms with van der Waals surface area (Å²) >= 11 is 3.25. The van der Waals surface area contributed by atoms with Crippen molar-refractivity contribution in [2.24, 2.45) is 0 Å². The highest BCUT2D eigenvalue weighted by atomic mass is 79.9. The minimum atomic E-state index is -4.57. The average Bonchev–Trinajstić information content (AvgIpc) is 2.54. The van der Waals surface area contributed by atoms with Gasteiger partial charge in [-0.05, 0) is 29.8 Å². The van der Waals surface area contributed by atoms with Crippen LogP contribution in [0.2, 0.25) is 0 Å². The van der Waals surface area contributed by atoms with Crippen LogP contribution in [-0.2, 0) is 11.0 Å². The third-order valence-electron chi connectivity index (χ3n) is 3.31. The number of aromatic nitrogens is 1. The maximum absolute atomic E-state index is 13.0. The van der Waals surface area contributed by atoms with Crippen LogP contribution in [0, 0.1) is 0 Å². The van der Waals surface area contributed by atoms with Gasteiger partial charge < -0.3 is 5.32 Å². The van der Waals surface area contributed by atoms with E-state index >= 15 is 0 Å². The third-order valence-corrected chi connectivity index (χ3v) is 3.81. The fourth-order valence-corrected chi connectivity index (χ4v) is 2.59. The van der Waals surface area contributed by atoms with Crippen LogP contribution in [0.3, 0.4) is 0 Å². The van der Waals surface area contributed by atoms with Crippen molar-refractivity contribution >= 4 is 27.9 Å². The second kappa shape index (κ2) is 7.64. The summed E-state index contributed by atoms with van der Waals surface area (Å²) < 4.78 is 39.5. The topological polar surface area (TPSA) is 71.1 Å². The van der Waals surface area contributed by atoms with E-state index in [4.69, 9.17) is 0 Å². The SMILES string of the molecule is CNC(=O)NC(=O)C(c1cccc(Br)c1)c1cc(C(F)(F)F)ccn1. The van der Waals surface area contributed by atoms with E-state index in [0.29, 0.717) is 10.0 Å². The summed E-state index contributed by atoms with van der Waals surface area (Å²) in [4.78, 5) is 27.8. The maximum atomic E-state index is 13.0. The summed E-state index contributed by atoms with van der Waals surface area (Å²) in [5, 5.41) is 4.30. The maximum Gasteiger partial charge on any atom is 0.416 e. The van der Waals surface area contributed by atoms with E-state index in [0.717, 1.165) is 18.3 Å². The van der Waals surface area contributed by atoms with Crippen LogP contribution >= 0.6 is 15.9 Å². The standard InChI is InChI=1S/C16H13BrF3N3O2/c1-21-15(25)23-14(24)13(9-3-2-4-11(17)7-9)12-8-10(5-6-22-12)16(18,19)20/h2-8,13H,1H3,(H2,21,23,24,25). The lowest BCUT2D eigenvalue weighted by Gasteiger charge is -2.18. The Morgan fingerprint density at radius 2 is 1.92 bits per heavy atom. The molecule has 5 nitrogen and oxygen atoms in total. The van der Waals surface area contributed by atoms with Gasteiger partial charge in [-0.25, -0.2) is 4.79 Å². The Labute approximate surface area is 149 Å². The highest BCUT2D eigenvalue weighted by molar-refractivity contribution is 9.10. The number of pyridine rings is 1. The number of imide groups is 1. The molecular weight excluding hydrogens is 403 g/mol. The summed E-state index contributed by atoms with van der Waals surface area (Å²) in [6, 6.07) is 7.34. The van der Waals surface area contributed by atoms with Gasteiger partial charge in [-0.15, -0.1) is 0 Å². The largest absolute Gasteiger partial charge is 0.416 e. The molecule has 9 heteroatoms. The van der Waals surface area contributed by atoms with Crippen molar-refractivity contribution in [1.82, 2.24) is 15.6 Å². The predicted molar refractivity (Wildman–Crippen MR) is 87.8 cm³/mol. The summed E-state index contributed by atoms with van der Waals surface area (Å²) in [5.41, 5.74) is -0.651. The highest BCUT2D eigenvalue weighted by Gasteiger charge is 2.33. The lowest BCUT2D eigenvalue weighted by atomic mass is 9.93. The monoisotopic (exact) mass is 415 g/mol. The van der Waals surface area contributed by atoms with Gasteiger partial charge in [-0.2, -0.15) is 13.2 Å². The van der Waals surface area contributed by atoms with Gasteiger partial charge in [-0.3, -0.25) is 15.1 Å². The van der Waals surface area contributed by atoms with Crippen LogP contribution in [0.1, 0.15) is 22.7 Å². The quantitative estimate of drug-likeness (QED) is 0.806. The number of amides is 3. The first-order valence-electron chi connectivity index (χ1n) is 7.03. The van der Waals surface area contributed by atoms with Gasteiger partial charge in [0.25, 0.3) is 0 Å². The summed E-state index contributed by atoms with van der Waals surface area (Å²) in [6.45, 7) is 0. The molecule has 1 aromatic carbocycles. The number of carbonyl (C=O) groups is 2. The van der Waals surface area contributed by atoms with Gasteiger partial charge >= 0.3 is 12.2 Å². The number of halogens is 4. The molecule has 0 saturated carbocycles. The molecule has 2 aromatic rings. The lowest BCUT2D eigenvalue weighted by molar-refractivity contribution is -0.137. The molecule has 0 aliphatic rings. The first-order chi connectivity index (χ1) is 11.7. The van der Waals surface area contributed by atoms with E-state index in [-0.39, 0.29) is 5.69 Å². The third kappa shape index (κ3) is 4.79. The fourth-order valence-electron chi connectivity index (χ4n) is 2.17. The number of hydrogen-bond acceptors (Lipinski definition) is 3. The average molecular weight is 416 g/mol. The van der Waals surface area contributed by atoms with E-state index in [2.05, 4.69) is 31.5 Å². The normalized spacial score (nSPS) is 12.4. The van der Waals surface area contributed by atoms with Gasteiger partial charge in [-0.1, -0.05) is 28.1 Å². The van der Waals surface area contributed by atoms with E-state index in [9.17, 15) is 22.8 Å². The van der Waals surface area contributed by atoms with Crippen LogP contribution < -0.4 is 10.6 Å². The number of rotatable bonds is 3. The number of nitrogens with zero attached hydrogens (tertiary/aromatic N) is 1. The Morgan fingerprint density at radius 3 is 2.52 bits per heavy atom. The Balaban J connectivity index is 2.52. The number of benzene rings is 1. The minimum absolute atomic E-state index is 0.116. The molecule has 0 bridgehead atoms. The predicted octanol–water partition coefficient (Wildman–Crippen LogP) is 3.45. The zero-order valence-electron chi connectivity index (χ0n) is 12.9. The molecule has 0 aliphatic heterocycles. The van der Waals surface area contributed by atoms with Gasteiger partial charge in [0, 0.05) is 17.7 Å². The number of alkyl halides is 3. The van der Waals surface area contributed by atoms with Crippen molar-refractivity contribution in [2.45, 2.75) is 12.1 Å². The Kier molecular flexibility index (Phi) is 5.78. The molecule has 1 unspecified atom stereocenters. The molecule has 0 saturated heterocycles. The second-order valence-corrected chi connectivity index (χ2v) is 5.94. The minimum Gasteiger partial charge on any atom is -0.341 e. The van der Waals surface area contributed by atoms with E-state index in [1.54, 1.807) is 24.3 Å². The summed E-state index contributed by atoms with van der Waals surface area (Å²) in [5.74, 6) is -1.97. The fraction of sp³-hybridized carbons (Fsp3) is 0.188. The number of urea groups is 1. The summed E-state index contributed by atoms with van der Waals surface area (Å²) in [7, 11) is 1.32. The van der Waals surface area contributed by atoms with Crippen molar-refractivity contribution in [3.05, 3.63) is 63.9 Å². The van der Waals surface area contributed by atoms with Crippen LogP contribution in [0.5, 0.6) is 0 Å². The molecule has 25 heavy (non-hydrogen) atoms. The van der Waals surface area contributed by atoms with Crippen molar-refractivity contribution in [2.75, 3.05) is 7.05 Å².